The van der Waals surface area contributed by atoms with Gasteiger partial charge in [0.25, 0.3) is 23.6 Å². The first-order valence-corrected chi connectivity index (χ1v) is 39.1. The van der Waals surface area contributed by atoms with E-state index in [2.05, 4.69) is 21.3 Å². The predicted octanol–water partition coefficient (Wildman–Crippen LogP) is 9.60. The van der Waals surface area contributed by atoms with Crippen molar-refractivity contribution in [3.8, 4) is 23.0 Å². The van der Waals surface area contributed by atoms with Crippen LogP contribution in [0.3, 0.4) is 0 Å². The summed E-state index contributed by atoms with van der Waals surface area (Å²) in [6.45, 7) is 9.41. The Labute approximate surface area is 687 Å². The molecule has 0 spiro atoms. The fraction of sp³-hybridized carbons (Fsp3) is 0.381. The molecule has 0 bridgehead atoms. The van der Waals surface area contributed by atoms with Crippen LogP contribution in [0.5, 0.6) is 23.0 Å². The molecule has 4 aromatic carbocycles. The molecule has 8 atom stereocenters. The number of ether oxygens (including phenoxy) is 4. The van der Waals surface area contributed by atoms with Crippen molar-refractivity contribution < 1.29 is 104 Å². The summed E-state index contributed by atoms with van der Waals surface area (Å²) in [7, 11) is 0. The molecule has 0 saturated carbocycles. The Balaban J connectivity index is 0.000000138. The number of amides is 4. The number of hydrogen-bond acceptors (Lipinski definition) is 20. The van der Waals surface area contributed by atoms with Gasteiger partial charge in [-0.1, -0.05) is 59.6 Å². The van der Waals surface area contributed by atoms with Gasteiger partial charge in [0.15, 0.2) is 63.6 Å². The Morgan fingerprint density at radius 3 is 1.04 bits per heavy atom. The molecule has 0 unspecified atom stereocenters. The summed E-state index contributed by atoms with van der Waals surface area (Å²) in [4.78, 5) is 153. The van der Waals surface area contributed by atoms with Gasteiger partial charge in [-0.3, -0.25) is 57.5 Å². The molecule has 8 aromatic rings. The van der Waals surface area contributed by atoms with Crippen LogP contribution >= 0.6 is 23.2 Å². The molecule has 4 saturated heterocycles. The number of rotatable bonds is 12. The van der Waals surface area contributed by atoms with Crippen molar-refractivity contribution in [3.63, 3.8) is 0 Å². The molecule has 632 valence electrons. The van der Waals surface area contributed by atoms with E-state index < -0.39 is 155 Å². The second-order valence-corrected chi connectivity index (χ2v) is 32.2. The number of Topliss-reactive ketones (excluding diaryl/α,β-unsaturated/α-hetero) is 4. The van der Waals surface area contributed by atoms with E-state index in [1.165, 1.54) is 91.5 Å². The zero-order valence-corrected chi connectivity index (χ0v) is 66.3. The van der Waals surface area contributed by atoms with E-state index in [0.29, 0.717) is 82.1 Å². The fourth-order valence-electron chi connectivity index (χ4n) is 16.4. The van der Waals surface area contributed by atoms with Crippen molar-refractivity contribution in [2.75, 3.05) is 26.4 Å². The standard InChI is InChI=1S/2C21H20ClFN2O5.C21H19F3N2O5.C21H21FN2O5/c1-21-5-2-6-30-15(21)10-25-9-12(17(26)18(27)16(25)19(21)28)20(29)24-8-11-3-4-14(23)13(22)7-11;1-21-6-3-7-30-14(21)10-25-9-12(17(26)18(27)16(25)19(21)28)20(29)24-8-11-4-2-5-13(22)15(11)23;1-21-5-2-6-31-13(21)9-26-8-11(17(27)18(28)16(26)19(21)29)20(30)25-7-10-3-4-12(22)15(24)14(10)23;1-21-7-2-8-29-15(21)11-24-10-14(17(25)18(26)16(24)19(21)27)20(28)23-9-12-3-5-13(22)6-4-12/h3-4,7,9,15,27H,2,5-6,8,10H2,1H3,(H,24,29);2,4-5,9,14,27H,3,6-8,10H2,1H3,(H,24,29);3-4,8,13,28H,2,5-7,9H2,1H3,(H,25,30);3-6,10,15,26H,2,7-9,11H2,1H3,(H,23,28)/t15-,21-;14-,21-;13-,21-;15-,21-/m1111/s1. The summed E-state index contributed by atoms with van der Waals surface area (Å²) in [5, 5.41) is 51.5. The summed E-state index contributed by atoms with van der Waals surface area (Å²) >= 11 is 11.5. The van der Waals surface area contributed by atoms with Crippen molar-refractivity contribution in [1.29, 1.82) is 0 Å². The topological polar surface area (TPSA) is 391 Å². The molecule has 4 amide bonds. The van der Waals surface area contributed by atoms with Gasteiger partial charge in [-0.05, 0) is 127 Å². The van der Waals surface area contributed by atoms with Gasteiger partial charge in [-0.15, -0.1) is 0 Å². The number of carbonyl (C=O) groups excluding carboxylic acids is 8. The highest BCUT2D eigenvalue weighted by molar-refractivity contribution is 6.31. The largest absolute Gasteiger partial charge is 0.503 e. The minimum Gasteiger partial charge on any atom is -0.503 e. The maximum atomic E-state index is 14.0. The van der Waals surface area contributed by atoms with E-state index in [4.69, 9.17) is 42.1 Å². The number of nitrogens with zero attached hydrogens (tertiary/aromatic N) is 4. The minimum atomic E-state index is -1.67. The predicted molar refractivity (Wildman–Crippen MR) is 415 cm³/mol. The lowest BCUT2D eigenvalue weighted by Crippen LogP contribution is -2.52. The molecule has 8 aliphatic heterocycles. The van der Waals surface area contributed by atoms with Crippen molar-refractivity contribution >= 4 is 70.0 Å². The van der Waals surface area contributed by atoms with Gasteiger partial charge in [0.05, 0.1) is 82.3 Å². The Kier molecular flexibility index (Phi) is 24.7. The Morgan fingerprint density at radius 2 is 0.700 bits per heavy atom. The average Bonchev–Trinajstić information content (AvgIpc) is 0.748. The van der Waals surface area contributed by atoms with Crippen molar-refractivity contribution in [2.45, 2.75) is 156 Å². The normalized spacial score (nSPS) is 22.9. The highest BCUT2D eigenvalue weighted by Crippen LogP contribution is 2.47. The van der Waals surface area contributed by atoms with E-state index in [1.807, 2.05) is 0 Å². The van der Waals surface area contributed by atoms with Crippen LogP contribution < -0.4 is 43.0 Å². The van der Waals surface area contributed by atoms with E-state index in [9.17, 15) is 104 Å². The lowest BCUT2D eigenvalue weighted by atomic mass is 9.71. The molecular formula is C84H80Cl2F6N8O20. The lowest BCUT2D eigenvalue weighted by Gasteiger charge is -2.44. The van der Waals surface area contributed by atoms with Crippen LogP contribution in [0.2, 0.25) is 10.0 Å². The zero-order valence-electron chi connectivity index (χ0n) is 64.8. The Bertz CT molecular complexity index is 5840. The van der Waals surface area contributed by atoms with Crippen LogP contribution in [0.15, 0.2) is 117 Å². The van der Waals surface area contributed by atoms with Gasteiger partial charge < -0.3 is 78.9 Å². The number of benzene rings is 4. The minimum absolute atomic E-state index is 0.00350. The molecule has 0 radical (unpaired) electrons. The van der Waals surface area contributed by atoms with Gasteiger partial charge in [0, 0.05) is 88.5 Å². The van der Waals surface area contributed by atoms with Gasteiger partial charge in [0.2, 0.25) is 21.7 Å². The molecular weight excluding hydrogens is 1630 g/mol. The number of hydrogen-bond donors (Lipinski definition) is 8. The van der Waals surface area contributed by atoms with E-state index in [1.54, 1.807) is 33.8 Å². The number of nitrogens with one attached hydrogen (secondary N) is 4. The molecule has 36 heteroatoms. The van der Waals surface area contributed by atoms with Crippen molar-refractivity contribution in [2.24, 2.45) is 21.7 Å². The number of aromatic hydroxyl groups is 4. The monoisotopic (exact) mass is 1700 g/mol. The van der Waals surface area contributed by atoms with Crippen LogP contribution in [0.25, 0.3) is 0 Å². The van der Waals surface area contributed by atoms with Crippen LogP contribution in [0.1, 0.15) is 185 Å². The summed E-state index contributed by atoms with van der Waals surface area (Å²) in [6.07, 6.45) is 8.49. The third-order valence-corrected chi connectivity index (χ3v) is 24.3. The van der Waals surface area contributed by atoms with E-state index in [-0.39, 0.29) is 136 Å². The summed E-state index contributed by atoms with van der Waals surface area (Å²) in [5.74, 6) is -13.9. The molecule has 8 aliphatic rings. The second kappa shape index (κ2) is 34.3. The van der Waals surface area contributed by atoms with E-state index >= 15 is 0 Å². The fourth-order valence-corrected chi connectivity index (χ4v) is 16.8. The highest BCUT2D eigenvalue weighted by Gasteiger charge is 2.54. The number of fused-ring (bicyclic) bond motifs is 8. The number of carbonyl (C=O) groups is 8. The zero-order chi connectivity index (χ0) is 86.5. The number of aromatic nitrogens is 4. The molecule has 12 heterocycles. The first-order chi connectivity index (χ1) is 56.9. The van der Waals surface area contributed by atoms with Gasteiger partial charge in [-0.2, -0.15) is 0 Å². The smallest absolute Gasteiger partial charge is 0.257 e. The summed E-state index contributed by atoms with van der Waals surface area (Å²) in [5.41, 5.74) is -7.92. The van der Waals surface area contributed by atoms with Crippen molar-refractivity contribution in [3.05, 3.63) is 251 Å². The van der Waals surface area contributed by atoms with Crippen LogP contribution in [0.4, 0.5) is 26.3 Å². The maximum Gasteiger partial charge on any atom is 0.257 e. The maximum absolute atomic E-state index is 14.0. The van der Waals surface area contributed by atoms with Crippen LogP contribution in [0, 0.1) is 56.6 Å². The van der Waals surface area contributed by atoms with Crippen molar-refractivity contribution in [1.82, 2.24) is 39.5 Å². The number of pyridine rings is 4. The number of halogens is 8. The third kappa shape index (κ3) is 16.2. The quantitative estimate of drug-likeness (QED) is 0.0416. The molecule has 8 N–H and O–H groups in total. The highest BCUT2D eigenvalue weighted by atomic mass is 35.5. The van der Waals surface area contributed by atoms with Gasteiger partial charge in [0.1, 0.15) is 62.5 Å². The Morgan fingerprint density at radius 1 is 0.392 bits per heavy atom. The average molecular weight is 1710 g/mol. The first-order valence-electron chi connectivity index (χ1n) is 38.3. The van der Waals surface area contributed by atoms with Crippen LogP contribution in [-0.4, -0.2) is 136 Å². The third-order valence-electron chi connectivity index (χ3n) is 23.7. The van der Waals surface area contributed by atoms with E-state index in [0.717, 1.165) is 25.1 Å². The lowest BCUT2D eigenvalue weighted by molar-refractivity contribution is -0.0742. The summed E-state index contributed by atoms with van der Waals surface area (Å²) in [6, 6.07) is 15.6. The van der Waals surface area contributed by atoms with Gasteiger partial charge in [-0.25, -0.2) is 26.3 Å². The first kappa shape index (κ1) is 86.3. The second-order valence-electron chi connectivity index (χ2n) is 31.4. The molecule has 4 aromatic heterocycles. The SMILES string of the molecule is C[C@@]12CCCO[C@@H]1Cn1cc(C(=O)NCc3ccc(F)c(Cl)c3)c(=O)c(O)c1C2=O.C[C@@]12CCCO[C@@H]1Cn1cc(C(=O)NCc3ccc(F)c(F)c3F)c(=O)c(O)c1C2=O.C[C@@]12CCCO[C@@H]1Cn1cc(C(=O)NCc3ccc(F)cc3)c(=O)c(O)c1C2=O.C[C@@]12CCCO[C@@H]1Cn1cc(C(=O)NCc3cccc(Cl)c3F)c(=O)c(O)c1C2=O. The molecule has 4 fully saturated rings. The summed E-state index contributed by atoms with van der Waals surface area (Å²) < 4.78 is 109. The molecule has 28 nitrogen and oxygen atoms in total. The Hall–Kier alpha value is -11.6. The molecule has 16 rings (SSSR count). The van der Waals surface area contributed by atoms with Gasteiger partial charge >= 0.3 is 0 Å². The molecule has 0 aliphatic carbocycles. The molecule has 120 heavy (non-hydrogen) atoms. The number of ketones is 4. The van der Waals surface area contributed by atoms with Crippen LogP contribution in [-0.2, 0) is 71.3 Å².